The van der Waals surface area contributed by atoms with Crippen molar-refractivity contribution in [3.05, 3.63) is 35.9 Å². The van der Waals surface area contributed by atoms with Crippen molar-refractivity contribution in [2.75, 3.05) is 0 Å². The molecule has 152 valence electrons. The van der Waals surface area contributed by atoms with Crippen molar-refractivity contribution in [2.24, 2.45) is 5.73 Å². The number of benzene rings is 1. The number of nitrogens with one attached hydrogen (secondary N) is 2. The van der Waals surface area contributed by atoms with Gasteiger partial charge in [0.2, 0.25) is 11.8 Å². The van der Waals surface area contributed by atoms with E-state index in [1.807, 2.05) is 12.1 Å². The van der Waals surface area contributed by atoms with Crippen LogP contribution in [0.4, 0.5) is 4.79 Å². The second kappa shape index (κ2) is 12.3. The Labute approximate surface area is 163 Å². The second-order valence-corrected chi connectivity index (χ2v) is 6.29. The van der Waals surface area contributed by atoms with Crippen LogP contribution in [0.5, 0.6) is 0 Å². The van der Waals surface area contributed by atoms with Crippen molar-refractivity contribution in [1.29, 1.82) is 5.26 Å². The molecule has 1 rings (SSSR count). The smallest absolute Gasteiger partial charge is 0.408 e. The molecule has 28 heavy (non-hydrogen) atoms. The lowest BCUT2D eigenvalue weighted by atomic mass is 10.1. The fourth-order valence-electron chi connectivity index (χ4n) is 2.40. The Hall–Kier alpha value is -3.12. The summed E-state index contributed by atoms with van der Waals surface area (Å²) in [4.78, 5) is 35.9. The van der Waals surface area contributed by atoms with E-state index >= 15 is 0 Å². The van der Waals surface area contributed by atoms with Crippen LogP contribution in [0, 0.1) is 11.3 Å². The van der Waals surface area contributed by atoms with Crippen LogP contribution in [0.3, 0.4) is 0 Å². The minimum atomic E-state index is -1.32. The number of hydrogen-bond acceptors (Lipinski definition) is 6. The summed E-state index contributed by atoms with van der Waals surface area (Å²) in [5.41, 5.74) is 6.06. The summed E-state index contributed by atoms with van der Waals surface area (Å²) in [7, 11) is 0. The van der Waals surface area contributed by atoms with E-state index in [9.17, 15) is 19.5 Å². The summed E-state index contributed by atoms with van der Waals surface area (Å²) < 4.78 is 5.04. The Morgan fingerprint density at radius 3 is 2.46 bits per heavy atom. The zero-order chi connectivity index (χ0) is 20.9. The first-order valence-corrected chi connectivity index (χ1v) is 8.97. The number of hydrogen-bond donors (Lipinski definition) is 4. The van der Waals surface area contributed by atoms with Gasteiger partial charge in [-0.1, -0.05) is 30.3 Å². The molecule has 1 aromatic rings. The van der Waals surface area contributed by atoms with Crippen LogP contribution in [-0.2, 0) is 20.9 Å². The first-order valence-electron chi connectivity index (χ1n) is 8.97. The minimum absolute atomic E-state index is 0.00360. The Balaban J connectivity index is 2.59. The van der Waals surface area contributed by atoms with Crippen LogP contribution in [0.1, 0.15) is 38.2 Å². The maximum atomic E-state index is 12.4. The summed E-state index contributed by atoms with van der Waals surface area (Å²) in [5.74, 6) is -1.49. The number of unbranched alkanes of at least 4 members (excludes halogenated alkanes) is 2. The van der Waals surface area contributed by atoms with Gasteiger partial charge in [0.25, 0.3) is 0 Å². The highest BCUT2D eigenvalue weighted by molar-refractivity contribution is 5.91. The fourth-order valence-corrected chi connectivity index (χ4v) is 2.40. The molecule has 0 saturated heterocycles. The van der Waals surface area contributed by atoms with Gasteiger partial charge in [-0.3, -0.25) is 9.59 Å². The number of amides is 3. The number of carbonyl (C=O) groups excluding carboxylic acids is 3. The average molecular weight is 390 g/mol. The summed E-state index contributed by atoms with van der Waals surface area (Å²) in [6.07, 6.45) is -0.419. The van der Waals surface area contributed by atoms with Gasteiger partial charge in [0.05, 0.1) is 12.2 Å². The SMILES string of the molecule is C[C@@H](O)[C@H](NC(=O)OCc1ccccc1)C(=O)N[C@@H](CCCCC#N)C(N)=O. The van der Waals surface area contributed by atoms with Gasteiger partial charge >= 0.3 is 6.09 Å². The Bertz CT molecular complexity index is 687. The Morgan fingerprint density at radius 2 is 1.89 bits per heavy atom. The van der Waals surface area contributed by atoms with E-state index in [4.69, 9.17) is 15.7 Å². The zero-order valence-corrected chi connectivity index (χ0v) is 15.8. The number of aliphatic hydroxyl groups excluding tert-OH is 1. The first-order chi connectivity index (χ1) is 13.3. The van der Waals surface area contributed by atoms with Gasteiger partial charge in [-0.2, -0.15) is 5.26 Å². The molecule has 3 amide bonds. The number of ether oxygens (including phenoxy) is 1. The molecule has 0 fully saturated rings. The third-order valence-corrected chi connectivity index (χ3v) is 3.94. The largest absolute Gasteiger partial charge is 0.445 e. The van der Waals surface area contributed by atoms with Crippen molar-refractivity contribution < 1.29 is 24.2 Å². The monoisotopic (exact) mass is 390 g/mol. The summed E-state index contributed by atoms with van der Waals surface area (Å²) in [5, 5.41) is 23.1. The van der Waals surface area contributed by atoms with Crippen LogP contribution in [0.2, 0.25) is 0 Å². The lowest BCUT2D eigenvalue weighted by Gasteiger charge is -2.23. The molecule has 0 spiro atoms. The van der Waals surface area contributed by atoms with Gasteiger partial charge in [0, 0.05) is 6.42 Å². The molecule has 0 heterocycles. The molecular weight excluding hydrogens is 364 g/mol. The second-order valence-electron chi connectivity index (χ2n) is 6.29. The molecule has 0 aliphatic heterocycles. The third-order valence-electron chi connectivity index (χ3n) is 3.94. The van der Waals surface area contributed by atoms with Gasteiger partial charge < -0.3 is 26.2 Å². The lowest BCUT2D eigenvalue weighted by molar-refractivity contribution is -0.130. The first kappa shape index (κ1) is 22.9. The molecule has 0 bridgehead atoms. The van der Waals surface area contributed by atoms with Crippen LogP contribution >= 0.6 is 0 Å². The molecule has 5 N–H and O–H groups in total. The number of carbonyl (C=O) groups is 3. The molecule has 0 aromatic heterocycles. The van der Waals surface area contributed by atoms with Crippen molar-refractivity contribution in [1.82, 2.24) is 10.6 Å². The number of primary amides is 1. The van der Waals surface area contributed by atoms with E-state index in [0.717, 1.165) is 5.56 Å². The van der Waals surface area contributed by atoms with Crippen molar-refractivity contribution in [3.63, 3.8) is 0 Å². The summed E-state index contributed by atoms with van der Waals surface area (Å²) in [6, 6.07) is 8.68. The maximum absolute atomic E-state index is 12.4. The van der Waals surface area contributed by atoms with Gasteiger partial charge in [0.15, 0.2) is 0 Å². The van der Waals surface area contributed by atoms with Gasteiger partial charge in [-0.15, -0.1) is 0 Å². The molecular formula is C19H26N4O5. The fraction of sp³-hybridized carbons (Fsp3) is 0.474. The van der Waals surface area contributed by atoms with Gasteiger partial charge in [-0.05, 0) is 31.7 Å². The normalized spacial score (nSPS) is 13.5. The molecule has 0 saturated carbocycles. The summed E-state index contributed by atoms with van der Waals surface area (Å²) >= 11 is 0. The van der Waals surface area contributed by atoms with E-state index in [2.05, 4.69) is 10.6 Å². The highest BCUT2D eigenvalue weighted by Gasteiger charge is 2.29. The molecule has 1 aromatic carbocycles. The van der Waals surface area contributed by atoms with Crippen LogP contribution < -0.4 is 16.4 Å². The van der Waals surface area contributed by atoms with E-state index < -0.39 is 36.1 Å². The van der Waals surface area contributed by atoms with Gasteiger partial charge in [0.1, 0.15) is 18.7 Å². The molecule has 0 unspecified atom stereocenters. The number of rotatable bonds is 11. The summed E-state index contributed by atoms with van der Waals surface area (Å²) in [6.45, 7) is 1.33. The highest BCUT2D eigenvalue weighted by atomic mass is 16.5. The average Bonchev–Trinajstić information content (AvgIpc) is 2.67. The Kier molecular flexibility index (Phi) is 10.1. The predicted octanol–water partition coefficient (Wildman–Crippen LogP) is 0.716. The number of aliphatic hydroxyl groups is 1. The number of nitrogens with zero attached hydrogens (tertiary/aromatic N) is 1. The highest BCUT2D eigenvalue weighted by Crippen LogP contribution is 2.05. The Morgan fingerprint density at radius 1 is 1.21 bits per heavy atom. The predicted molar refractivity (Wildman–Crippen MR) is 100 cm³/mol. The number of alkyl carbamates (subject to hydrolysis) is 1. The standard InChI is InChI=1S/C19H26N4O5/c1-13(24)16(23-19(27)28-12-14-8-4-2-5-9-14)18(26)22-15(17(21)25)10-6-3-7-11-20/h2,4-5,8-9,13,15-16,24H,3,6-7,10,12H2,1H3,(H2,21,25)(H,22,26)(H,23,27)/t13-,15+,16+/m1/s1. The number of nitrogens with two attached hydrogens (primary N) is 1. The van der Waals surface area contributed by atoms with E-state index in [0.29, 0.717) is 19.3 Å². The van der Waals surface area contributed by atoms with E-state index in [1.54, 1.807) is 24.3 Å². The zero-order valence-electron chi connectivity index (χ0n) is 15.8. The molecule has 9 nitrogen and oxygen atoms in total. The van der Waals surface area contributed by atoms with E-state index in [1.165, 1.54) is 6.92 Å². The maximum Gasteiger partial charge on any atom is 0.408 e. The van der Waals surface area contributed by atoms with E-state index in [-0.39, 0.29) is 13.0 Å². The third kappa shape index (κ3) is 8.51. The topological polar surface area (TPSA) is 155 Å². The van der Waals surface area contributed by atoms with Crippen molar-refractivity contribution in [3.8, 4) is 6.07 Å². The molecule has 3 atom stereocenters. The quantitative estimate of drug-likeness (QED) is 0.408. The minimum Gasteiger partial charge on any atom is -0.445 e. The molecule has 0 aliphatic rings. The van der Waals surface area contributed by atoms with Crippen molar-refractivity contribution >= 4 is 17.9 Å². The van der Waals surface area contributed by atoms with Crippen molar-refractivity contribution in [2.45, 2.75) is 57.4 Å². The van der Waals surface area contributed by atoms with Crippen LogP contribution in [0.25, 0.3) is 0 Å². The molecule has 0 aliphatic carbocycles. The van der Waals surface area contributed by atoms with Gasteiger partial charge in [-0.25, -0.2) is 4.79 Å². The molecule has 9 heteroatoms. The molecule has 0 radical (unpaired) electrons. The van der Waals surface area contributed by atoms with Crippen LogP contribution in [0.15, 0.2) is 30.3 Å². The number of nitriles is 1. The van der Waals surface area contributed by atoms with Crippen LogP contribution in [-0.4, -0.2) is 41.2 Å². The lowest BCUT2D eigenvalue weighted by Crippen LogP contribution is -2.56.